The Balaban J connectivity index is 1.30. The first-order chi connectivity index (χ1) is 19.4. The second-order valence-corrected chi connectivity index (χ2v) is 10.9. The van der Waals surface area contributed by atoms with Gasteiger partial charge >= 0.3 is 5.97 Å². The predicted octanol–water partition coefficient (Wildman–Crippen LogP) is 7.08. The third-order valence-corrected chi connectivity index (χ3v) is 7.82. The molecule has 2 aromatic rings. The fourth-order valence-electron chi connectivity index (χ4n) is 5.51. The summed E-state index contributed by atoms with van der Waals surface area (Å²) < 4.78 is 5.40. The lowest BCUT2D eigenvalue weighted by atomic mass is 9.82. The minimum Gasteiger partial charge on any atom is -0.462 e. The van der Waals surface area contributed by atoms with Crippen molar-refractivity contribution < 1.29 is 23.9 Å². The predicted molar refractivity (Wildman–Crippen MR) is 156 cm³/mol. The van der Waals surface area contributed by atoms with Gasteiger partial charge in [-0.2, -0.15) is 0 Å². The molecule has 1 saturated heterocycles. The monoisotopic (exact) mass is 544 g/mol. The molecule has 1 heterocycles. The number of fused-ring (bicyclic) bond motifs is 1. The van der Waals surface area contributed by atoms with Crippen LogP contribution in [0.25, 0.3) is 0 Å². The van der Waals surface area contributed by atoms with E-state index in [1.54, 1.807) is 48.5 Å². The van der Waals surface area contributed by atoms with E-state index in [9.17, 15) is 19.2 Å². The summed E-state index contributed by atoms with van der Waals surface area (Å²) in [6.07, 6.45) is 12.5. The van der Waals surface area contributed by atoms with Crippen molar-refractivity contribution in [1.82, 2.24) is 0 Å². The van der Waals surface area contributed by atoms with Crippen molar-refractivity contribution in [2.24, 2.45) is 11.8 Å². The molecule has 1 N–H and O–H groups in total. The maximum Gasteiger partial charge on any atom is 0.338 e. The van der Waals surface area contributed by atoms with Crippen LogP contribution in [0.4, 0.5) is 11.4 Å². The minimum atomic E-state index is -0.439. The van der Waals surface area contributed by atoms with Gasteiger partial charge in [0.15, 0.2) is 0 Å². The van der Waals surface area contributed by atoms with E-state index < -0.39 is 5.91 Å². The van der Waals surface area contributed by atoms with Crippen molar-refractivity contribution in [3.05, 3.63) is 71.3 Å². The number of carbonyl (C=O) groups excluding carboxylic acids is 4. The molecule has 2 atom stereocenters. The van der Waals surface area contributed by atoms with E-state index in [4.69, 9.17) is 4.74 Å². The zero-order valence-corrected chi connectivity index (χ0v) is 23.6. The van der Waals surface area contributed by atoms with Gasteiger partial charge in [-0.1, -0.05) is 75.7 Å². The van der Waals surface area contributed by atoms with Crippen LogP contribution in [0.5, 0.6) is 0 Å². The van der Waals surface area contributed by atoms with Crippen molar-refractivity contribution in [2.45, 2.75) is 78.1 Å². The number of ether oxygens (including phenoxy) is 1. The molecule has 40 heavy (non-hydrogen) atoms. The molecule has 0 aromatic heterocycles. The zero-order valence-electron chi connectivity index (χ0n) is 23.6. The lowest BCUT2D eigenvalue weighted by Crippen LogP contribution is -2.33. The van der Waals surface area contributed by atoms with Crippen LogP contribution in [-0.2, 0) is 14.3 Å². The Morgan fingerprint density at radius 3 is 2.25 bits per heavy atom. The van der Waals surface area contributed by atoms with E-state index in [1.165, 1.54) is 37.0 Å². The van der Waals surface area contributed by atoms with E-state index in [1.807, 2.05) is 13.0 Å². The van der Waals surface area contributed by atoms with Gasteiger partial charge in [0.2, 0.25) is 11.8 Å². The maximum absolute atomic E-state index is 13.2. The lowest BCUT2D eigenvalue weighted by Gasteiger charge is -2.19. The van der Waals surface area contributed by atoms with Gasteiger partial charge in [0, 0.05) is 5.69 Å². The smallest absolute Gasteiger partial charge is 0.338 e. The molecule has 3 amide bonds. The highest BCUT2D eigenvalue weighted by Crippen LogP contribution is 2.40. The highest BCUT2D eigenvalue weighted by Gasteiger charge is 2.49. The number of rotatable bonds is 13. The Hall–Kier alpha value is -3.74. The van der Waals surface area contributed by atoms with Gasteiger partial charge in [-0.25, -0.2) is 9.69 Å². The fraction of sp³-hybridized carbons (Fsp3) is 0.455. The first-order valence-electron chi connectivity index (χ1n) is 14.6. The average Bonchev–Trinajstić information content (AvgIpc) is 3.20. The van der Waals surface area contributed by atoms with E-state index >= 15 is 0 Å². The Morgan fingerprint density at radius 1 is 0.875 bits per heavy atom. The number of hydrogen-bond acceptors (Lipinski definition) is 5. The number of anilines is 2. The Bertz CT molecular complexity index is 1250. The summed E-state index contributed by atoms with van der Waals surface area (Å²) in [5, 5.41) is 2.82. The number of imide groups is 1. The number of unbranched alkanes of at least 4 members (excludes halogenated alkanes) is 7. The highest BCUT2D eigenvalue weighted by molar-refractivity contribution is 6.25. The third kappa shape index (κ3) is 7.06. The molecular weight excluding hydrogens is 504 g/mol. The summed E-state index contributed by atoms with van der Waals surface area (Å²) in [4.78, 5) is 53.2. The molecule has 7 heteroatoms. The summed E-state index contributed by atoms with van der Waals surface area (Å²) in [5.41, 5.74) is 2.55. The third-order valence-electron chi connectivity index (χ3n) is 7.82. The number of hydrogen-bond donors (Lipinski definition) is 1. The van der Waals surface area contributed by atoms with Gasteiger partial charge in [-0.15, -0.1) is 0 Å². The molecule has 0 saturated carbocycles. The van der Waals surface area contributed by atoms with Crippen molar-refractivity contribution in [2.75, 3.05) is 16.8 Å². The first kappa shape index (κ1) is 29.2. The molecule has 1 aliphatic heterocycles. The molecular formula is C33H40N2O5. The molecule has 0 radical (unpaired) electrons. The number of benzene rings is 2. The molecule has 4 rings (SSSR count). The number of nitrogens with zero attached hydrogens (tertiary/aromatic N) is 1. The number of amides is 3. The minimum absolute atomic E-state index is 0.237. The summed E-state index contributed by atoms with van der Waals surface area (Å²) in [6.45, 7) is 4.58. The van der Waals surface area contributed by atoms with Crippen LogP contribution in [0, 0.1) is 11.8 Å². The number of allylic oxidation sites excluding steroid dienone is 2. The van der Waals surface area contributed by atoms with Crippen molar-refractivity contribution in [3.8, 4) is 0 Å². The van der Waals surface area contributed by atoms with Gasteiger partial charge in [0.25, 0.3) is 5.91 Å². The van der Waals surface area contributed by atoms with Crippen molar-refractivity contribution >= 4 is 35.1 Å². The average molecular weight is 545 g/mol. The molecule has 2 aliphatic rings. The van der Waals surface area contributed by atoms with Gasteiger partial charge in [0.1, 0.15) is 0 Å². The fourth-order valence-corrected chi connectivity index (χ4v) is 5.51. The molecule has 0 unspecified atom stereocenters. The Morgan fingerprint density at radius 2 is 1.52 bits per heavy atom. The standard InChI is InChI=1S/C33H40N2O5/c1-3-4-5-6-7-8-9-12-21-40-33(39)24-16-18-25(19-17-24)34-30(36)27-13-10-11-14-29(27)35-31(37)26-20-15-23(2)22-28(26)32(35)38/h10-11,13-19,26,28H,3-9,12,20-22H2,1-2H3,(H,34,36)/t26-,28-/m1/s1. The Kier molecular flexibility index (Phi) is 10.3. The second kappa shape index (κ2) is 14.1. The largest absolute Gasteiger partial charge is 0.462 e. The summed E-state index contributed by atoms with van der Waals surface area (Å²) in [7, 11) is 0. The van der Waals surface area contributed by atoms with Crippen LogP contribution in [-0.4, -0.2) is 30.3 Å². The molecule has 7 nitrogen and oxygen atoms in total. The topological polar surface area (TPSA) is 92.8 Å². The Labute approximate surface area is 237 Å². The van der Waals surface area contributed by atoms with Gasteiger partial charge in [-0.05, 0) is 62.6 Å². The first-order valence-corrected chi connectivity index (χ1v) is 14.6. The quantitative estimate of drug-likeness (QED) is 0.126. The molecule has 0 spiro atoms. The van der Waals surface area contributed by atoms with Crippen LogP contribution < -0.4 is 10.2 Å². The van der Waals surface area contributed by atoms with Crippen LogP contribution in [0.3, 0.4) is 0 Å². The van der Waals surface area contributed by atoms with Crippen molar-refractivity contribution in [1.29, 1.82) is 0 Å². The van der Waals surface area contributed by atoms with E-state index in [-0.39, 0.29) is 35.2 Å². The molecule has 212 valence electrons. The van der Waals surface area contributed by atoms with Crippen LogP contribution >= 0.6 is 0 Å². The van der Waals surface area contributed by atoms with Crippen LogP contribution in [0.2, 0.25) is 0 Å². The van der Waals surface area contributed by atoms with Gasteiger partial charge < -0.3 is 10.1 Å². The molecule has 1 fully saturated rings. The lowest BCUT2D eigenvalue weighted by molar-refractivity contribution is -0.122. The van der Waals surface area contributed by atoms with E-state index in [0.717, 1.165) is 24.8 Å². The summed E-state index contributed by atoms with van der Waals surface area (Å²) in [5.74, 6) is -2.09. The zero-order chi connectivity index (χ0) is 28.5. The van der Waals surface area contributed by atoms with Crippen molar-refractivity contribution in [3.63, 3.8) is 0 Å². The maximum atomic E-state index is 13.2. The molecule has 1 aliphatic carbocycles. The van der Waals surface area contributed by atoms with Crippen LogP contribution in [0.15, 0.2) is 60.2 Å². The highest BCUT2D eigenvalue weighted by atomic mass is 16.5. The van der Waals surface area contributed by atoms with E-state index in [2.05, 4.69) is 12.2 Å². The number of esters is 1. The molecule has 0 bridgehead atoms. The summed E-state index contributed by atoms with van der Waals surface area (Å²) in [6, 6.07) is 13.2. The summed E-state index contributed by atoms with van der Waals surface area (Å²) >= 11 is 0. The number of para-hydroxylation sites is 1. The van der Waals surface area contributed by atoms with E-state index in [0.29, 0.717) is 36.4 Å². The molecule has 2 aromatic carbocycles. The second-order valence-electron chi connectivity index (χ2n) is 10.9. The normalized spacial score (nSPS) is 18.4. The van der Waals surface area contributed by atoms with Gasteiger partial charge in [0.05, 0.1) is 35.3 Å². The number of carbonyl (C=O) groups is 4. The SMILES string of the molecule is CCCCCCCCCCOC(=O)c1ccc(NC(=O)c2ccccc2N2C(=O)[C@@H]3CC=C(C)C[C@H]3C2=O)cc1. The number of nitrogens with one attached hydrogen (secondary N) is 1. The van der Waals surface area contributed by atoms with Gasteiger partial charge in [-0.3, -0.25) is 14.4 Å². The van der Waals surface area contributed by atoms with Crippen LogP contribution in [0.1, 0.15) is 98.8 Å².